The molecule has 1 atom stereocenters. The third kappa shape index (κ3) is 3.55. The highest BCUT2D eigenvalue weighted by atomic mass is 33.1. The van der Waals surface area contributed by atoms with Crippen LogP contribution in [-0.4, -0.2) is 6.26 Å². The van der Waals surface area contributed by atoms with Gasteiger partial charge < -0.3 is 0 Å². The standard InChI is InChI=1S/C15H17S2/c1-12-4-8-14(9-5-12)16-17(3)15-10-6-13(2)7-11-15/h4-11H,1-3H3/q+1. The largest absolute Gasteiger partial charge is 0.167 e. The zero-order valence-corrected chi connectivity index (χ0v) is 12.1. The lowest BCUT2D eigenvalue weighted by Gasteiger charge is -2.01. The van der Waals surface area contributed by atoms with Gasteiger partial charge in [-0.1, -0.05) is 35.4 Å². The maximum absolute atomic E-state index is 2.29. The Balaban J connectivity index is 2.08. The summed E-state index contributed by atoms with van der Waals surface area (Å²) >= 11 is 0. The van der Waals surface area contributed by atoms with Crippen molar-refractivity contribution in [1.29, 1.82) is 0 Å². The molecule has 2 rings (SSSR count). The number of rotatable bonds is 3. The van der Waals surface area contributed by atoms with E-state index in [9.17, 15) is 0 Å². The van der Waals surface area contributed by atoms with Crippen molar-refractivity contribution in [2.45, 2.75) is 23.6 Å². The fraction of sp³-hybridized carbons (Fsp3) is 0.200. The molecule has 0 bridgehead atoms. The monoisotopic (exact) mass is 261 g/mol. The smallest absolute Gasteiger partial charge is 0.0580 e. The first-order valence-electron chi connectivity index (χ1n) is 5.63. The van der Waals surface area contributed by atoms with Gasteiger partial charge in [-0.2, -0.15) is 0 Å². The highest BCUT2D eigenvalue weighted by Gasteiger charge is 2.18. The third-order valence-corrected chi connectivity index (χ3v) is 6.15. The molecule has 0 spiro atoms. The molecule has 0 amide bonds. The van der Waals surface area contributed by atoms with Crippen LogP contribution in [0.25, 0.3) is 0 Å². The Morgan fingerprint density at radius 3 is 1.76 bits per heavy atom. The summed E-state index contributed by atoms with van der Waals surface area (Å²) in [4.78, 5) is 2.77. The molecule has 0 N–H and O–H groups in total. The van der Waals surface area contributed by atoms with Gasteiger partial charge in [0, 0.05) is 0 Å². The molecular formula is C15H17S2+. The molecule has 0 nitrogen and oxygen atoms in total. The van der Waals surface area contributed by atoms with Crippen LogP contribution in [0.5, 0.6) is 0 Å². The quantitative estimate of drug-likeness (QED) is 0.574. The van der Waals surface area contributed by atoms with Gasteiger partial charge in [0.1, 0.15) is 17.0 Å². The van der Waals surface area contributed by atoms with E-state index in [2.05, 4.69) is 68.6 Å². The lowest BCUT2D eigenvalue weighted by atomic mass is 10.2. The molecule has 0 saturated carbocycles. The first-order valence-corrected chi connectivity index (χ1v) is 8.59. The Bertz CT molecular complexity index is 471. The summed E-state index contributed by atoms with van der Waals surface area (Å²) < 4.78 is 0. The number of aryl methyl sites for hydroxylation is 2. The van der Waals surface area contributed by atoms with E-state index in [0.29, 0.717) is 0 Å². The molecule has 17 heavy (non-hydrogen) atoms. The van der Waals surface area contributed by atoms with Gasteiger partial charge in [-0.05, 0) is 38.1 Å². The van der Waals surface area contributed by atoms with E-state index in [-0.39, 0.29) is 9.93 Å². The van der Waals surface area contributed by atoms with Gasteiger partial charge in [-0.25, -0.2) is 0 Å². The molecule has 0 aliphatic carbocycles. The summed E-state index contributed by atoms with van der Waals surface area (Å²) in [7, 11) is 2.16. The lowest BCUT2D eigenvalue weighted by Crippen LogP contribution is -1.93. The van der Waals surface area contributed by atoms with Crippen molar-refractivity contribution in [3.63, 3.8) is 0 Å². The van der Waals surface area contributed by atoms with Gasteiger partial charge in [-0.15, -0.1) is 0 Å². The highest BCUT2D eigenvalue weighted by molar-refractivity contribution is 8.74. The topological polar surface area (TPSA) is 0 Å². The van der Waals surface area contributed by atoms with Crippen molar-refractivity contribution in [2.75, 3.05) is 6.26 Å². The normalized spacial score (nSPS) is 12.4. The molecule has 0 fully saturated rings. The average Bonchev–Trinajstić information content (AvgIpc) is 2.33. The molecule has 0 radical (unpaired) electrons. The Morgan fingerprint density at radius 1 is 0.765 bits per heavy atom. The van der Waals surface area contributed by atoms with Crippen molar-refractivity contribution in [3.05, 3.63) is 59.7 Å². The third-order valence-electron chi connectivity index (χ3n) is 2.60. The Labute approximate surface area is 110 Å². The molecule has 2 aromatic rings. The van der Waals surface area contributed by atoms with Gasteiger partial charge in [0.2, 0.25) is 0 Å². The van der Waals surface area contributed by atoms with Crippen LogP contribution in [0.3, 0.4) is 0 Å². The van der Waals surface area contributed by atoms with Crippen LogP contribution in [0.2, 0.25) is 0 Å². The summed E-state index contributed by atoms with van der Waals surface area (Å²) in [6, 6.07) is 17.6. The minimum atomic E-state index is 0.217. The van der Waals surface area contributed by atoms with Crippen LogP contribution >= 0.6 is 10.8 Å². The van der Waals surface area contributed by atoms with E-state index in [1.807, 2.05) is 10.8 Å². The second kappa shape index (κ2) is 5.65. The molecular weight excluding hydrogens is 244 g/mol. The van der Waals surface area contributed by atoms with Gasteiger partial charge in [0.25, 0.3) is 0 Å². The zero-order valence-electron chi connectivity index (χ0n) is 10.4. The molecule has 2 aromatic carbocycles. The van der Waals surface area contributed by atoms with Crippen LogP contribution in [0.4, 0.5) is 0 Å². The van der Waals surface area contributed by atoms with Gasteiger partial charge in [-0.3, -0.25) is 0 Å². The molecule has 0 aliphatic heterocycles. The Kier molecular flexibility index (Phi) is 4.19. The fourth-order valence-electron chi connectivity index (χ4n) is 1.52. The van der Waals surface area contributed by atoms with Crippen LogP contribution in [0, 0.1) is 13.8 Å². The van der Waals surface area contributed by atoms with Crippen molar-refractivity contribution >= 4 is 20.7 Å². The molecule has 0 saturated heterocycles. The zero-order chi connectivity index (χ0) is 12.3. The SMILES string of the molecule is Cc1ccc(S[S+](C)c2ccc(C)cc2)cc1. The van der Waals surface area contributed by atoms with E-state index < -0.39 is 0 Å². The first-order chi connectivity index (χ1) is 8.15. The summed E-state index contributed by atoms with van der Waals surface area (Å²) in [5.41, 5.74) is 2.65. The summed E-state index contributed by atoms with van der Waals surface area (Å²) in [5.74, 6) is 0. The molecule has 1 unspecified atom stereocenters. The van der Waals surface area contributed by atoms with E-state index in [0.717, 1.165) is 0 Å². The molecule has 0 aliphatic rings. The predicted octanol–water partition coefficient (Wildman–Crippen LogP) is 4.62. The molecule has 0 aromatic heterocycles. The molecule has 0 heterocycles. The van der Waals surface area contributed by atoms with Crippen molar-refractivity contribution in [2.24, 2.45) is 0 Å². The van der Waals surface area contributed by atoms with Gasteiger partial charge in [0.15, 0.2) is 4.90 Å². The van der Waals surface area contributed by atoms with Crippen molar-refractivity contribution in [1.82, 2.24) is 0 Å². The minimum Gasteiger partial charge on any atom is -0.0580 e. The van der Waals surface area contributed by atoms with E-state index in [4.69, 9.17) is 0 Å². The Morgan fingerprint density at radius 2 is 1.24 bits per heavy atom. The average molecular weight is 261 g/mol. The molecule has 2 heteroatoms. The lowest BCUT2D eigenvalue weighted by molar-refractivity contribution is 1.37. The van der Waals surface area contributed by atoms with E-state index >= 15 is 0 Å². The van der Waals surface area contributed by atoms with Gasteiger partial charge in [0.05, 0.1) is 14.8 Å². The number of hydrogen-bond acceptors (Lipinski definition) is 1. The van der Waals surface area contributed by atoms with Crippen LogP contribution in [0.1, 0.15) is 11.1 Å². The summed E-state index contributed by atoms with van der Waals surface area (Å²) in [5, 5.41) is 0. The van der Waals surface area contributed by atoms with Crippen molar-refractivity contribution in [3.8, 4) is 0 Å². The van der Waals surface area contributed by atoms with Crippen LogP contribution in [-0.2, 0) is 9.93 Å². The van der Waals surface area contributed by atoms with Crippen LogP contribution < -0.4 is 0 Å². The van der Waals surface area contributed by atoms with E-state index in [1.165, 1.54) is 20.9 Å². The second-order valence-corrected chi connectivity index (χ2v) is 8.18. The first kappa shape index (κ1) is 12.6. The summed E-state index contributed by atoms with van der Waals surface area (Å²) in [6.45, 7) is 4.25. The fourth-order valence-corrected chi connectivity index (χ4v) is 4.49. The summed E-state index contributed by atoms with van der Waals surface area (Å²) in [6.07, 6.45) is 2.29. The number of hydrogen-bond donors (Lipinski definition) is 0. The maximum atomic E-state index is 2.29. The van der Waals surface area contributed by atoms with Gasteiger partial charge >= 0.3 is 0 Å². The van der Waals surface area contributed by atoms with Crippen molar-refractivity contribution < 1.29 is 0 Å². The second-order valence-electron chi connectivity index (χ2n) is 4.16. The predicted molar refractivity (Wildman–Crippen MR) is 79.8 cm³/mol. The minimum absolute atomic E-state index is 0.217. The Hall–Kier alpha value is -0.860. The number of benzene rings is 2. The maximum Gasteiger partial charge on any atom is 0.167 e. The van der Waals surface area contributed by atoms with E-state index in [1.54, 1.807) is 0 Å². The van der Waals surface area contributed by atoms with Crippen LogP contribution in [0.15, 0.2) is 58.3 Å². The molecule has 88 valence electrons. The highest BCUT2D eigenvalue weighted by Crippen LogP contribution is 2.31.